The zero-order chi connectivity index (χ0) is 23.0. The number of fused-ring (bicyclic) bond motifs is 1. The fourth-order valence-electron chi connectivity index (χ4n) is 5.48. The van der Waals surface area contributed by atoms with Gasteiger partial charge < -0.3 is 15.3 Å². The number of hydrogen-bond acceptors (Lipinski definition) is 8. The summed E-state index contributed by atoms with van der Waals surface area (Å²) in [5.74, 6) is -2.62. The molecule has 0 bridgehead atoms. The van der Waals surface area contributed by atoms with E-state index in [0.717, 1.165) is 25.1 Å². The molecule has 8 nitrogen and oxygen atoms in total. The first kappa shape index (κ1) is 21.5. The minimum Gasteiger partial charge on any atom is -0.394 e. The molecule has 33 heavy (non-hydrogen) atoms. The predicted octanol–water partition coefficient (Wildman–Crippen LogP) is 2.84. The van der Waals surface area contributed by atoms with E-state index in [2.05, 4.69) is 25.3 Å². The second kappa shape index (κ2) is 7.26. The fourth-order valence-corrected chi connectivity index (χ4v) is 6.91. The van der Waals surface area contributed by atoms with Gasteiger partial charge in [0.25, 0.3) is 0 Å². The van der Waals surface area contributed by atoms with E-state index in [0.29, 0.717) is 31.0 Å². The van der Waals surface area contributed by atoms with Crippen molar-refractivity contribution >= 4 is 34.2 Å². The first-order valence-corrected chi connectivity index (χ1v) is 12.7. The van der Waals surface area contributed by atoms with E-state index in [1.54, 1.807) is 12.4 Å². The van der Waals surface area contributed by atoms with Gasteiger partial charge >= 0.3 is 5.92 Å². The van der Waals surface area contributed by atoms with Gasteiger partial charge in [-0.25, -0.2) is 15.0 Å². The lowest BCUT2D eigenvalue weighted by Gasteiger charge is -2.58. The van der Waals surface area contributed by atoms with E-state index in [9.17, 15) is 18.1 Å². The molecule has 0 amide bonds. The smallest absolute Gasteiger partial charge is 0.302 e. The molecule has 2 aliphatic heterocycles. The Kier molecular flexibility index (Phi) is 4.74. The number of nitrogens with one attached hydrogen (secondary N) is 1. The first-order chi connectivity index (χ1) is 15.7. The largest absolute Gasteiger partial charge is 0.394 e. The number of hydrogen-bond donors (Lipinski definition) is 2. The average molecular weight is 497 g/mol. The van der Waals surface area contributed by atoms with E-state index in [4.69, 9.17) is 11.6 Å². The molecule has 6 rings (SSSR count). The zero-order valence-electron chi connectivity index (χ0n) is 17.7. The molecule has 3 fully saturated rings. The lowest BCUT2D eigenvalue weighted by molar-refractivity contribution is 0.0187. The maximum Gasteiger partial charge on any atom is 0.302 e. The monoisotopic (exact) mass is 496 g/mol. The Morgan fingerprint density at radius 3 is 2.52 bits per heavy atom. The Bertz CT molecular complexity index is 1130. The zero-order valence-corrected chi connectivity index (χ0v) is 19.3. The summed E-state index contributed by atoms with van der Waals surface area (Å²) in [4.78, 5) is 19.2. The van der Waals surface area contributed by atoms with Crippen LogP contribution in [0.15, 0.2) is 17.3 Å². The number of rotatable bonds is 5. The minimum absolute atomic E-state index is 0.0256. The summed E-state index contributed by atoms with van der Waals surface area (Å²) in [6.07, 6.45) is 7.37. The molecular weight excluding hydrogens is 474 g/mol. The summed E-state index contributed by atoms with van der Waals surface area (Å²) in [5, 5.41) is 13.5. The quantitative estimate of drug-likeness (QED) is 0.651. The van der Waals surface area contributed by atoms with Crippen molar-refractivity contribution in [2.45, 2.75) is 54.4 Å². The molecule has 0 unspecified atom stereocenters. The van der Waals surface area contributed by atoms with Gasteiger partial charge in [-0.05, 0) is 32.1 Å². The average Bonchev–Trinajstić information content (AvgIpc) is 2.92. The topological polar surface area (TPSA) is 104 Å². The standard InChI is InChI=1S/C21H23ClF2N6O2S/c22-13-6-25-16(26-7-13)12-4-19(5-12)8-30(9-19)18-27-15-14(33(32)11-21(15,23)24)17(28-18)29-20(10-31)2-1-3-20/h6-7,12,31H,1-5,8-11H2,(H,27,28,29)/t33-/m1/s1. The molecule has 2 aromatic rings. The third-order valence-electron chi connectivity index (χ3n) is 7.44. The van der Waals surface area contributed by atoms with Crippen molar-refractivity contribution in [1.82, 2.24) is 19.9 Å². The van der Waals surface area contributed by atoms with E-state index in [-0.39, 0.29) is 34.6 Å². The molecule has 1 saturated heterocycles. The van der Waals surface area contributed by atoms with Gasteiger partial charge in [-0.15, -0.1) is 0 Å². The number of halogens is 3. The van der Waals surface area contributed by atoms with Crippen molar-refractivity contribution in [1.29, 1.82) is 0 Å². The van der Waals surface area contributed by atoms with E-state index in [1.807, 2.05) is 4.90 Å². The van der Waals surface area contributed by atoms with Crippen LogP contribution in [0.2, 0.25) is 5.02 Å². The lowest BCUT2D eigenvalue weighted by Crippen LogP contribution is -2.62. The Morgan fingerprint density at radius 2 is 1.91 bits per heavy atom. The van der Waals surface area contributed by atoms with Crippen molar-refractivity contribution in [2.75, 3.05) is 35.7 Å². The van der Waals surface area contributed by atoms with Gasteiger partial charge in [0.1, 0.15) is 22.2 Å². The van der Waals surface area contributed by atoms with E-state index < -0.39 is 33.7 Å². The van der Waals surface area contributed by atoms with Gasteiger partial charge in [0, 0.05) is 36.8 Å². The minimum atomic E-state index is -3.27. The molecule has 1 spiro atoms. The highest BCUT2D eigenvalue weighted by atomic mass is 35.5. The molecule has 1 atom stereocenters. The summed E-state index contributed by atoms with van der Waals surface area (Å²) in [7, 11) is -1.89. The predicted molar refractivity (Wildman–Crippen MR) is 118 cm³/mol. The molecule has 2 aliphatic carbocycles. The van der Waals surface area contributed by atoms with Gasteiger partial charge in [-0.1, -0.05) is 11.6 Å². The Balaban J connectivity index is 1.23. The van der Waals surface area contributed by atoms with Crippen LogP contribution in [0.5, 0.6) is 0 Å². The molecule has 12 heteroatoms. The van der Waals surface area contributed by atoms with Crippen molar-refractivity contribution in [3.63, 3.8) is 0 Å². The van der Waals surface area contributed by atoms with Gasteiger partial charge in [0.15, 0.2) is 0 Å². The maximum absolute atomic E-state index is 14.6. The second-order valence-electron chi connectivity index (χ2n) is 9.88. The highest BCUT2D eigenvalue weighted by Gasteiger charge is 2.55. The molecule has 4 heterocycles. The van der Waals surface area contributed by atoms with Crippen molar-refractivity contribution in [2.24, 2.45) is 5.41 Å². The van der Waals surface area contributed by atoms with Crippen LogP contribution in [0.3, 0.4) is 0 Å². The van der Waals surface area contributed by atoms with Crippen LogP contribution in [-0.2, 0) is 16.7 Å². The summed E-state index contributed by atoms with van der Waals surface area (Å²) < 4.78 is 41.8. The van der Waals surface area contributed by atoms with Crippen molar-refractivity contribution < 1.29 is 18.1 Å². The Labute approximate surface area is 196 Å². The summed E-state index contributed by atoms with van der Waals surface area (Å²) in [6.45, 7) is 1.19. The van der Waals surface area contributed by atoms with Crippen LogP contribution < -0.4 is 10.2 Å². The number of nitrogens with zero attached hydrogens (tertiary/aromatic N) is 5. The van der Waals surface area contributed by atoms with Crippen LogP contribution in [0.1, 0.15) is 49.5 Å². The van der Waals surface area contributed by atoms with Gasteiger partial charge in [0.2, 0.25) is 5.95 Å². The summed E-state index contributed by atoms with van der Waals surface area (Å²) in [6, 6.07) is 0. The van der Waals surface area contributed by atoms with Crippen LogP contribution in [0.4, 0.5) is 20.5 Å². The molecule has 0 aromatic carbocycles. The van der Waals surface area contributed by atoms with Gasteiger partial charge in [-0.3, -0.25) is 4.21 Å². The Morgan fingerprint density at radius 1 is 1.21 bits per heavy atom. The van der Waals surface area contributed by atoms with Crippen molar-refractivity contribution in [3.8, 4) is 0 Å². The second-order valence-corrected chi connectivity index (χ2v) is 11.7. The van der Waals surface area contributed by atoms with Gasteiger partial charge in [-0.2, -0.15) is 13.8 Å². The van der Waals surface area contributed by atoms with Crippen LogP contribution >= 0.6 is 11.6 Å². The van der Waals surface area contributed by atoms with E-state index in [1.165, 1.54) is 0 Å². The molecule has 2 aromatic heterocycles. The Hall–Kier alpha value is -1.98. The maximum atomic E-state index is 14.6. The highest BCUT2D eigenvalue weighted by molar-refractivity contribution is 7.85. The number of aliphatic hydroxyl groups excluding tert-OH is 1. The molecule has 0 radical (unpaired) electrons. The van der Waals surface area contributed by atoms with Crippen molar-refractivity contribution in [3.05, 3.63) is 28.9 Å². The highest BCUT2D eigenvalue weighted by Crippen LogP contribution is 2.56. The molecule has 4 aliphatic rings. The lowest BCUT2D eigenvalue weighted by atomic mass is 9.57. The molecule has 2 saturated carbocycles. The van der Waals surface area contributed by atoms with E-state index >= 15 is 0 Å². The molecule has 176 valence electrons. The number of anilines is 2. The first-order valence-electron chi connectivity index (χ1n) is 11.0. The SMILES string of the molecule is O=[S@@]1CC(F)(F)c2nc(N3CC4(CC(c5ncc(Cl)cn5)C4)C3)nc(NC3(CO)CCC3)c21. The fraction of sp³-hybridized carbons (Fsp3) is 0.619. The summed E-state index contributed by atoms with van der Waals surface area (Å²) in [5.41, 5.74) is -0.977. The molecule has 2 N–H and O–H groups in total. The number of alkyl halides is 2. The third-order valence-corrected chi connectivity index (χ3v) is 9.10. The summed E-state index contributed by atoms with van der Waals surface area (Å²) >= 11 is 5.87. The van der Waals surface area contributed by atoms with Crippen LogP contribution in [-0.4, -0.2) is 60.2 Å². The van der Waals surface area contributed by atoms with Crippen LogP contribution in [0.25, 0.3) is 0 Å². The van der Waals surface area contributed by atoms with Crippen LogP contribution in [0, 0.1) is 5.41 Å². The normalized spacial score (nSPS) is 26.3. The molecular formula is C21H23ClF2N6O2S. The third kappa shape index (κ3) is 3.42. The number of aliphatic hydroxyl groups is 1. The number of aromatic nitrogens is 4. The van der Waals surface area contributed by atoms with Gasteiger partial charge in [0.05, 0.1) is 33.7 Å².